The summed E-state index contributed by atoms with van der Waals surface area (Å²) in [6, 6.07) is 6.47. The number of nitrogens with zero attached hydrogens (tertiary/aromatic N) is 2. The van der Waals surface area contributed by atoms with Crippen molar-refractivity contribution in [2.24, 2.45) is 0 Å². The van der Waals surface area contributed by atoms with Gasteiger partial charge in [0.25, 0.3) is 0 Å². The van der Waals surface area contributed by atoms with Gasteiger partial charge in [0.05, 0.1) is 23.7 Å². The first-order chi connectivity index (χ1) is 6.19. The van der Waals surface area contributed by atoms with Gasteiger partial charge in [-0.3, -0.25) is 0 Å². The smallest absolute Gasteiger partial charge is 0.121 e. The summed E-state index contributed by atoms with van der Waals surface area (Å²) in [6.07, 6.45) is 0.0702. The van der Waals surface area contributed by atoms with E-state index in [4.69, 9.17) is 16.3 Å². The molecule has 3 N–H and O–H groups in total. The van der Waals surface area contributed by atoms with Crippen LogP contribution in [0, 0.1) is 22.7 Å². The molecule has 0 saturated heterocycles. The van der Waals surface area contributed by atoms with Gasteiger partial charge < -0.3 is 10.8 Å². The second kappa shape index (κ2) is 3.46. The third-order valence-corrected chi connectivity index (χ3v) is 1.64. The highest BCUT2D eigenvalue weighted by Crippen LogP contribution is 2.23. The number of nitrogen functional groups attached to an aromatic ring is 1. The Bertz CT molecular complexity index is 412. The predicted molar refractivity (Wildman–Crippen MR) is 46.6 cm³/mol. The summed E-state index contributed by atoms with van der Waals surface area (Å²) < 4.78 is 0. The molecule has 64 valence electrons. The summed E-state index contributed by atoms with van der Waals surface area (Å²) in [5, 5.41) is 26.3. The van der Waals surface area contributed by atoms with Crippen molar-refractivity contribution in [1.82, 2.24) is 0 Å². The molecule has 0 aliphatic heterocycles. The highest BCUT2D eigenvalue weighted by molar-refractivity contribution is 5.59. The minimum atomic E-state index is -0.0435. The monoisotopic (exact) mass is 173 g/mol. The van der Waals surface area contributed by atoms with E-state index in [0.29, 0.717) is 5.56 Å². The van der Waals surface area contributed by atoms with E-state index in [1.807, 2.05) is 12.1 Å². The van der Waals surface area contributed by atoms with E-state index < -0.39 is 0 Å². The zero-order valence-electron chi connectivity index (χ0n) is 6.78. The van der Waals surface area contributed by atoms with E-state index in [9.17, 15) is 5.11 Å². The quantitative estimate of drug-likeness (QED) is 0.617. The molecular formula is C9H7N3O. The molecule has 1 rings (SSSR count). The van der Waals surface area contributed by atoms with Crippen LogP contribution in [-0.4, -0.2) is 5.11 Å². The van der Waals surface area contributed by atoms with Crippen molar-refractivity contribution in [2.75, 3.05) is 5.73 Å². The fourth-order valence-electron chi connectivity index (χ4n) is 0.973. The highest BCUT2D eigenvalue weighted by Gasteiger charge is 2.05. The van der Waals surface area contributed by atoms with Gasteiger partial charge in [0.2, 0.25) is 0 Å². The summed E-state index contributed by atoms with van der Waals surface area (Å²) >= 11 is 0. The molecule has 0 aliphatic rings. The van der Waals surface area contributed by atoms with Gasteiger partial charge in [-0.25, -0.2) is 0 Å². The lowest BCUT2D eigenvalue weighted by atomic mass is 10.1. The van der Waals surface area contributed by atoms with Crippen molar-refractivity contribution >= 4 is 5.69 Å². The number of benzene rings is 1. The summed E-state index contributed by atoms with van der Waals surface area (Å²) in [5.41, 5.74) is 6.36. The second-order valence-electron chi connectivity index (χ2n) is 2.51. The minimum Gasteiger partial charge on any atom is -0.508 e. The molecule has 1 aromatic rings. The molecule has 0 unspecified atom stereocenters. The number of phenols is 1. The Morgan fingerprint density at radius 3 is 2.62 bits per heavy atom. The van der Waals surface area contributed by atoms with Crippen LogP contribution < -0.4 is 5.73 Å². The van der Waals surface area contributed by atoms with Gasteiger partial charge in [-0.15, -0.1) is 0 Å². The molecule has 0 aromatic heterocycles. The Morgan fingerprint density at radius 2 is 2.08 bits per heavy atom. The fraction of sp³-hybridized carbons (Fsp3) is 0.111. The lowest BCUT2D eigenvalue weighted by Crippen LogP contribution is -1.93. The van der Waals surface area contributed by atoms with Crippen LogP contribution >= 0.6 is 0 Å². The molecule has 0 fully saturated rings. The molecule has 1 aromatic carbocycles. The van der Waals surface area contributed by atoms with Crippen LogP contribution in [0.3, 0.4) is 0 Å². The molecule has 4 nitrogen and oxygen atoms in total. The first-order valence-electron chi connectivity index (χ1n) is 3.57. The van der Waals surface area contributed by atoms with E-state index in [2.05, 4.69) is 0 Å². The lowest BCUT2D eigenvalue weighted by molar-refractivity contribution is 0.470. The Labute approximate surface area is 75.4 Å². The third-order valence-electron chi connectivity index (χ3n) is 1.64. The van der Waals surface area contributed by atoms with E-state index in [-0.39, 0.29) is 23.4 Å². The topological polar surface area (TPSA) is 93.8 Å². The Hall–Kier alpha value is -2.20. The average molecular weight is 173 g/mol. The van der Waals surface area contributed by atoms with Gasteiger partial charge in [-0.05, 0) is 6.07 Å². The largest absolute Gasteiger partial charge is 0.508 e. The highest BCUT2D eigenvalue weighted by atomic mass is 16.3. The van der Waals surface area contributed by atoms with Crippen LogP contribution in [0.4, 0.5) is 5.69 Å². The fourth-order valence-corrected chi connectivity index (χ4v) is 0.973. The second-order valence-corrected chi connectivity index (χ2v) is 2.51. The predicted octanol–water partition coefficient (Wildman–Crippen LogP) is 0.912. The molecule has 0 saturated carbocycles. The number of nitrogens with two attached hydrogens (primary N) is 1. The van der Waals surface area contributed by atoms with Gasteiger partial charge in [0.1, 0.15) is 11.8 Å². The number of rotatable bonds is 1. The molecule has 0 atom stereocenters. The van der Waals surface area contributed by atoms with Gasteiger partial charge in [0, 0.05) is 11.6 Å². The van der Waals surface area contributed by atoms with Crippen LogP contribution in [0.5, 0.6) is 5.75 Å². The van der Waals surface area contributed by atoms with Gasteiger partial charge >= 0.3 is 0 Å². The van der Waals surface area contributed by atoms with Crippen molar-refractivity contribution in [2.45, 2.75) is 6.42 Å². The van der Waals surface area contributed by atoms with Crippen molar-refractivity contribution in [3.8, 4) is 17.9 Å². The summed E-state index contributed by atoms with van der Waals surface area (Å²) in [5.74, 6) is -0.0435. The summed E-state index contributed by atoms with van der Waals surface area (Å²) in [6.45, 7) is 0. The number of nitriles is 2. The maximum Gasteiger partial charge on any atom is 0.121 e. The van der Waals surface area contributed by atoms with Crippen LogP contribution in [-0.2, 0) is 6.42 Å². The maximum atomic E-state index is 9.30. The number of phenolic OH excluding ortho intramolecular Hbond substituents is 1. The zero-order chi connectivity index (χ0) is 9.84. The van der Waals surface area contributed by atoms with Crippen molar-refractivity contribution in [1.29, 1.82) is 10.5 Å². The lowest BCUT2D eigenvalue weighted by Gasteiger charge is -2.02. The van der Waals surface area contributed by atoms with Gasteiger partial charge in [-0.2, -0.15) is 10.5 Å². The number of aromatic hydroxyl groups is 1. The molecule has 0 radical (unpaired) electrons. The first-order valence-corrected chi connectivity index (χ1v) is 3.57. The molecule has 0 bridgehead atoms. The van der Waals surface area contributed by atoms with Crippen LogP contribution in [0.25, 0.3) is 0 Å². The normalized spacial score (nSPS) is 8.77. The van der Waals surface area contributed by atoms with Gasteiger partial charge in [-0.1, -0.05) is 0 Å². The molecule has 13 heavy (non-hydrogen) atoms. The molecule has 4 heteroatoms. The molecule has 0 heterocycles. The van der Waals surface area contributed by atoms with E-state index in [0.717, 1.165) is 0 Å². The Balaban J connectivity index is 3.26. The number of anilines is 1. The van der Waals surface area contributed by atoms with Crippen molar-refractivity contribution < 1.29 is 5.11 Å². The minimum absolute atomic E-state index is 0.0435. The first kappa shape index (κ1) is 8.89. The third kappa shape index (κ3) is 1.69. The molecule has 0 spiro atoms. The van der Waals surface area contributed by atoms with E-state index in [1.54, 1.807) is 0 Å². The summed E-state index contributed by atoms with van der Waals surface area (Å²) in [4.78, 5) is 0. The maximum absolute atomic E-state index is 9.30. The van der Waals surface area contributed by atoms with Crippen molar-refractivity contribution in [3.63, 3.8) is 0 Å². The van der Waals surface area contributed by atoms with Gasteiger partial charge in [0.15, 0.2) is 0 Å². The van der Waals surface area contributed by atoms with E-state index in [1.165, 1.54) is 12.1 Å². The van der Waals surface area contributed by atoms with Crippen LogP contribution in [0.1, 0.15) is 11.1 Å². The number of hydrogen-bond acceptors (Lipinski definition) is 4. The van der Waals surface area contributed by atoms with Crippen LogP contribution in [0.2, 0.25) is 0 Å². The molecule has 0 aliphatic carbocycles. The Kier molecular flexibility index (Phi) is 2.37. The van der Waals surface area contributed by atoms with Crippen molar-refractivity contribution in [3.05, 3.63) is 23.3 Å². The van der Waals surface area contributed by atoms with E-state index >= 15 is 0 Å². The molecular weight excluding hydrogens is 166 g/mol. The SMILES string of the molecule is N#CCc1cc(C#N)c(N)cc1O. The standard InChI is InChI=1S/C9H7N3O/c10-2-1-6-3-7(5-11)8(12)4-9(6)13/h3-4,13H,1,12H2. The Morgan fingerprint density at radius 1 is 1.38 bits per heavy atom. The molecule has 0 amide bonds. The zero-order valence-corrected chi connectivity index (χ0v) is 6.78. The van der Waals surface area contributed by atoms with Crippen LogP contribution in [0.15, 0.2) is 12.1 Å². The average Bonchev–Trinajstić information content (AvgIpc) is 2.10. The number of hydrogen-bond donors (Lipinski definition) is 2. The summed E-state index contributed by atoms with van der Waals surface area (Å²) in [7, 11) is 0.